The van der Waals surface area contributed by atoms with E-state index in [2.05, 4.69) is 0 Å². The second-order valence-corrected chi connectivity index (χ2v) is 8.57. The molecule has 1 amide bonds. The molecule has 2 atom stereocenters. The number of piperidine rings is 1. The van der Waals surface area contributed by atoms with Crippen LogP contribution in [0, 0.1) is 5.92 Å². The molecule has 1 aromatic carbocycles. The summed E-state index contributed by atoms with van der Waals surface area (Å²) in [5.74, 6) is -0.560. The maximum Gasteiger partial charge on any atom is 0.303 e. The van der Waals surface area contributed by atoms with Crippen LogP contribution in [-0.2, 0) is 15.6 Å². The normalized spacial score (nSPS) is 19.3. The van der Waals surface area contributed by atoms with Crippen molar-refractivity contribution in [2.24, 2.45) is 5.92 Å². The van der Waals surface area contributed by atoms with Crippen molar-refractivity contribution in [1.82, 2.24) is 4.90 Å². The van der Waals surface area contributed by atoms with Crippen LogP contribution in [0.25, 0.3) is 0 Å². The Hall–Kier alpha value is -1.69. The predicted octanol–water partition coefficient (Wildman–Crippen LogP) is 2.92. The number of rotatable bonds is 6. The minimum absolute atomic E-state index is 0.0306. The van der Waals surface area contributed by atoms with Crippen molar-refractivity contribution in [3.05, 3.63) is 29.8 Å². The maximum absolute atomic E-state index is 12.6. The minimum Gasteiger partial charge on any atom is -0.481 e. The van der Waals surface area contributed by atoms with Crippen molar-refractivity contribution in [2.75, 3.05) is 13.1 Å². The van der Waals surface area contributed by atoms with Gasteiger partial charge in [0.25, 0.3) is 5.91 Å². The van der Waals surface area contributed by atoms with Crippen LogP contribution in [-0.4, -0.2) is 44.4 Å². The Balaban J connectivity index is 2.00. The lowest BCUT2D eigenvalue weighted by atomic mass is 9.93. The Morgan fingerprint density at radius 3 is 2.54 bits per heavy atom. The molecule has 2 rings (SSSR count). The van der Waals surface area contributed by atoms with Crippen molar-refractivity contribution in [1.29, 1.82) is 0 Å². The molecule has 24 heavy (non-hydrogen) atoms. The van der Waals surface area contributed by atoms with Crippen LogP contribution in [0.3, 0.4) is 0 Å². The predicted molar refractivity (Wildman–Crippen MR) is 93.5 cm³/mol. The lowest BCUT2D eigenvalue weighted by molar-refractivity contribution is -0.137. The molecule has 132 valence electrons. The topological polar surface area (TPSA) is 74.7 Å². The van der Waals surface area contributed by atoms with Gasteiger partial charge in [-0.05, 0) is 49.4 Å². The van der Waals surface area contributed by atoms with E-state index in [1.807, 2.05) is 18.7 Å². The van der Waals surface area contributed by atoms with Crippen molar-refractivity contribution in [2.45, 2.75) is 49.7 Å². The molecule has 0 spiro atoms. The van der Waals surface area contributed by atoms with Gasteiger partial charge in [-0.15, -0.1) is 0 Å². The monoisotopic (exact) mass is 351 g/mol. The molecule has 1 fully saturated rings. The van der Waals surface area contributed by atoms with E-state index in [0.717, 1.165) is 17.7 Å². The summed E-state index contributed by atoms with van der Waals surface area (Å²) in [6, 6.07) is 6.99. The molecule has 0 bridgehead atoms. The van der Waals surface area contributed by atoms with E-state index in [1.54, 1.807) is 24.3 Å². The third kappa shape index (κ3) is 4.90. The number of hydrogen-bond donors (Lipinski definition) is 1. The highest BCUT2D eigenvalue weighted by molar-refractivity contribution is 7.85. The molecule has 5 nitrogen and oxygen atoms in total. The van der Waals surface area contributed by atoms with Crippen molar-refractivity contribution in [3.8, 4) is 0 Å². The molecule has 1 aliphatic heterocycles. The Labute approximate surface area is 145 Å². The van der Waals surface area contributed by atoms with Gasteiger partial charge < -0.3 is 10.0 Å². The summed E-state index contributed by atoms with van der Waals surface area (Å²) in [6.07, 6.45) is 2.66. The minimum atomic E-state index is -1.05. The first-order valence-electron chi connectivity index (χ1n) is 8.40. The molecule has 1 heterocycles. The Kier molecular flexibility index (Phi) is 6.54. The lowest BCUT2D eigenvalue weighted by Gasteiger charge is -2.32. The molecule has 6 heteroatoms. The second kappa shape index (κ2) is 8.42. The summed E-state index contributed by atoms with van der Waals surface area (Å²) in [4.78, 5) is 25.9. The first-order valence-corrected chi connectivity index (χ1v) is 9.61. The van der Waals surface area contributed by atoms with Crippen LogP contribution in [0.2, 0.25) is 0 Å². The highest BCUT2D eigenvalue weighted by Crippen LogP contribution is 2.23. The number of hydrogen-bond acceptors (Lipinski definition) is 3. The summed E-state index contributed by atoms with van der Waals surface area (Å²) in [6.45, 7) is 5.13. The first kappa shape index (κ1) is 18.6. The van der Waals surface area contributed by atoms with Crippen LogP contribution in [0.1, 0.15) is 49.9 Å². The van der Waals surface area contributed by atoms with Crippen molar-refractivity contribution in [3.63, 3.8) is 0 Å². The second-order valence-electron chi connectivity index (χ2n) is 6.56. The van der Waals surface area contributed by atoms with Gasteiger partial charge in [0.05, 0.1) is 10.8 Å². The average molecular weight is 351 g/mol. The van der Waals surface area contributed by atoms with Gasteiger partial charge in [0, 0.05) is 35.2 Å². The van der Waals surface area contributed by atoms with Crippen LogP contribution in [0.4, 0.5) is 0 Å². The third-order valence-corrected chi connectivity index (χ3v) is 5.93. The summed E-state index contributed by atoms with van der Waals surface area (Å²) in [7, 11) is -1.05. The van der Waals surface area contributed by atoms with Gasteiger partial charge >= 0.3 is 5.97 Å². The molecule has 0 saturated carbocycles. The van der Waals surface area contributed by atoms with Crippen molar-refractivity contribution < 1.29 is 18.9 Å². The molecule has 1 aliphatic rings. The zero-order valence-corrected chi connectivity index (χ0v) is 15.1. The SMILES string of the molecule is CC(C)[S@@](=O)c1ccc(C(=O)N2CCC[C@H](CCC(=O)O)C2)cc1. The summed E-state index contributed by atoms with van der Waals surface area (Å²) < 4.78 is 12.1. The van der Waals surface area contributed by atoms with Crippen LogP contribution in [0.5, 0.6) is 0 Å². The summed E-state index contributed by atoms with van der Waals surface area (Å²) >= 11 is 0. The van der Waals surface area contributed by atoms with E-state index in [0.29, 0.717) is 25.1 Å². The fourth-order valence-corrected chi connectivity index (χ4v) is 3.95. The van der Waals surface area contributed by atoms with Gasteiger partial charge in [-0.1, -0.05) is 13.8 Å². The zero-order chi connectivity index (χ0) is 17.7. The van der Waals surface area contributed by atoms with E-state index in [-0.39, 0.29) is 23.5 Å². The molecule has 1 saturated heterocycles. The standard InChI is InChI=1S/C18H25NO4S/c1-13(2)24(23)16-8-6-15(7-9-16)18(22)19-11-3-4-14(12-19)5-10-17(20)21/h6-9,13-14H,3-5,10-12H2,1-2H3,(H,20,21)/t14-,24-/m1/s1. The van der Waals surface area contributed by atoms with Crippen LogP contribution >= 0.6 is 0 Å². The Morgan fingerprint density at radius 1 is 1.29 bits per heavy atom. The zero-order valence-electron chi connectivity index (χ0n) is 14.2. The number of likely N-dealkylation sites (tertiary alicyclic amines) is 1. The van der Waals surface area contributed by atoms with Crippen LogP contribution in [0.15, 0.2) is 29.2 Å². The molecule has 0 aromatic heterocycles. The third-order valence-electron chi connectivity index (χ3n) is 4.33. The number of carbonyl (C=O) groups is 2. The molecule has 1 aromatic rings. The number of benzene rings is 1. The molecule has 0 unspecified atom stereocenters. The van der Waals surface area contributed by atoms with Crippen LogP contribution < -0.4 is 0 Å². The van der Waals surface area contributed by atoms with Gasteiger partial charge in [0.15, 0.2) is 0 Å². The fourth-order valence-electron chi connectivity index (χ4n) is 3.00. The number of aliphatic carboxylic acids is 1. The molecule has 0 aliphatic carbocycles. The van der Waals surface area contributed by atoms with E-state index < -0.39 is 16.8 Å². The Bertz CT molecular complexity index is 612. The van der Waals surface area contributed by atoms with Gasteiger partial charge in [-0.25, -0.2) is 0 Å². The van der Waals surface area contributed by atoms with Gasteiger partial charge in [0.1, 0.15) is 0 Å². The number of carboxylic acid groups (broad SMARTS) is 1. The number of carbonyl (C=O) groups excluding carboxylic acids is 1. The average Bonchev–Trinajstić information content (AvgIpc) is 2.59. The van der Waals surface area contributed by atoms with E-state index in [9.17, 15) is 13.8 Å². The van der Waals surface area contributed by atoms with E-state index >= 15 is 0 Å². The highest BCUT2D eigenvalue weighted by atomic mass is 32.2. The maximum atomic E-state index is 12.6. The van der Waals surface area contributed by atoms with E-state index in [4.69, 9.17) is 5.11 Å². The van der Waals surface area contributed by atoms with Gasteiger partial charge in [-0.2, -0.15) is 0 Å². The fraction of sp³-hybridized carbons (Fsp3) is 0.556. The summed E-state index contributed by atoms with van der Waals surface area (Å²) in [5.41, 5.74) is 0.596. The number of nitrogens with zero attached hydrogens (tertiary/aromatic N) is 1. The van der Waals surface area contributed by atoms with Gasteiger partial charge in [0.2, 0.25) is 0 Å². The molecule has 0 radical (unpaired) electrons. The largest absolute Gasteiger partial charge is 0.481 e. The first-order chi connectivity index (χ1) is 11.4. The van der Waals surface area contributed by atoms with E-state index in [1.165, 1.54) is 0 Å². The molecular weight excluding hydrogens is 326 g/mol. The van der Waals surface area contributed by atoms with Crippen molar-refractivity contribution >= 4 is 22.7 Å². The number of carboxylic acids is 1. The molecular formula is C18H25NO4S. The highest BCUT2D eigenvalue weighted by Gasteiger charge is 2.25. The number of amides is 1. The summed E-state index contributed by atoms with van der Waals surface area (Å²) in [5, 5.41) is 8.85. The smallest absolute Gasteiger partial charge is 0.303 e. The quantitative estimate of drug-likeness (QED) is 0.855. The lowest BCUT2D eigenvalue weighted by Crippen LogP contribution is -2.40. The molecule has 1 N–H and O–H groups in total. The Morgan fingerprint density at radius 2 is 1.96 bits per heavy atom. The van der Waals surface area contributed by atoms with Gasteiger partial charge in [-0.3, -0.25) is 13.8 Å².